The molecule has 3 aromatic rings. The molecule has 3 aromatic carbocycles. The van der Waals surface area contributed by atoms with Crippen LogP contribution in [0, 0.1) is 17.8 Å². The van der Waals surface area contributed by atoms with Crippen LogP contribution in [0.3, 0.4) is 0 Å². The first-order chi connectivity index (χ1) is 15.5. The zero-order valence-electron chi connectivity index (χ0n) is 18.2. The van der Waals surface area contributed by atoms with E-state index in [1.54, 1.807) is 0 Å². The standard InChI is InChI=1S/C28H27ClO3/c1-2-20-16-24(28(31)32-18-19-6-4-3-5-7-19)17-26(20)27(30)23-10-8-21(9-11-23)22-12-14-25(29)15-13-22/h3-15,20,24,26H,2,16-18H2,1H3/t20-,24?,26-/m0/s1. The largest absolute Gasteiger partial charge is 0.461 e. The Kier molecular flexibility index (Phi) is 7.06. The molecule has 1 unspecified atom stereocenters. The van der Waals surface area contributed by atoms with Crippen molar-refractivity contribution in [2.45, 2.75) is 32.8 Å². The molecular weight excluding hydrogens is 420 g/mol. The first kappa shape index (κ1) is 22.3. The number of benzene rings is 3. The molecule has 164 valence electrons. The summed E-state index contributed by atoms with van der Waals surface area (Å²) in [6.07, 6.45) is 2.15. The Balaban J connectivity index is 1.41. The van der Waals surface area contributed by atoms with Gasteiger partial charge in [0.05, 0.1) is 5.92 Å². The van der Waals surface area contributed by atoms with Crippen molar-refractivity contribution in [1.82, 2.24) is 0 Å². The number of hydrogen-bond acceptors (Lipinski definition) is 3. The van der Waals surface area contributed by atoms with Crippen molar-refractivity contribution < 1.29 is 14.3 Å². The molecule has 0 saturated heterocycles. The van der Waals surface area contributed by atoms with Crippen molar-refractivity contribution >= 4 is 23.4 Å². The van der Waals surface area contributed by atoms with Crippen molar-refractivity contribution in [2.75, 3.05) is 0 Å². The van der Waals surface area contributed by atoms with Crippen molar-refractivity contribution in [3.8, 4) is 11.1 Å². The van der Waals surface area contributed by atoms with Crippen LogP contribution in [-0.2, 0) is 16.1 Å². The van der Waals surface area contributed by atoms with Crippen molar-refractivity contribution in [1.29, 1.82) is 0 Å². The summed E-state index contributed by atoms with van der Waals surface area (Å²) < 4.78 is 5.55. The van der Waals surface area contributed by atoms with Crippen LogP contribution < -0.4 is 0 Å². The lowest BCUT2D eigenvalue weighted by Crippen LogP contribution is -2.19. The molecule has 0 heterocycles. The van der Waals surface area contributed by atoms with Crippen LogP contribution in [0.4, 0.5) is 0 Å². The number of carbonyl (C=O) groups excluding carboxylic acids is 2. The number of hydrogen-bond donors (Lipinski definition) is 0. The lowest BCUT2D eigenvalue weighted by molar-refractivity contribution is -0.149. The van der Waals surface area contributed by atoms with Gasteiger partial charge in [-0.2, -0.15) is 0 Å². The summed E-state index contributed by atoms with van der Waals surface area (Å²) >= 11 is 5.97. The minimum atomic E-state index is -0.217. The number of ketones is 1. The summed E-state index contributed by atoms with van der Waals surface area (Å²) in [4.78, 5) is 26.0. The summed E-state index contributed by atoms with van der Waals surface area (Å²) in [7, 11) is 0. The fourth-order valence-corrected chi connectivity index (χ4v) is 4.75. The van der Waals surface area contributed by atoms with Gasteiger partial charge < -0.3 is 4.74 Å². The molecule has 1 saturated carbocycles. The van der Waals surface area contributed by atoms with E-state index in [9.17, 15) is 9.59 Å². The van der Waals surface area contributed by atoms with E-state index < -0.39 is 0 Å². The molecule has 0 amide bonds. The number of Topliss-reactive ketones (excluding diaryl/α,β-unsaturated/α-hetero) is 1. The maximum absolute atomic E-state index is 13.3. The third-order valence-electron chi connectivity index (χ3n) is 6.46. The van der Waals surface area contributed by atoms with E-state index in [4.69, 9.17) is 16.3 Å². The SMILES string of the molecule is CC[C@H]1CC(C(=O)OCc2ccccc2)C[C@@H]1C(=O)c1ccc(-c2ccc(Cl)cc2)cc1. The summed E-state index contributed by atoms with van der Waals surface area (Å²) in [6.45, 7) is 2.37. The summed E-state index contributed by atoms with van der Waals surface area (Å²) in [5.74, 6) is -0.229. The highest BCUT2D eigenvalue weighted by molar-refractivity contribution is 6.30. The molecule has 0 N–H and O–H groups in total. The van der Waals surface area contributed by atoms with Gasteiger partial charge in [-0.3, -0.25) is 9.59 Å². The predicted octanol–water partition coefficient (Wildman–Crippen LogP) is 6.99. The van der Waals surface area contributed by atoms with Gasteiger partial charge in [-0.05, 0) is 47.6 Å². The molecule has 4 rings (SSSR count). The molecule has 0 spiro atoms. The van der Waals surface area contributed by atoms with E-state index in [1.165, 1.54) is 0 Å². The summed E-state index contributed by atoms with van der Waals surface area (Å²) in [6, 6.07) is 25.0. The van der Waals surface area contributed by atoms with E-state index in [1.807, 2.05) is 78.9 Å². The second kappa shape index (κ2) is 10.1. The topological polar surface area (TPSA) is 43.4 Å². The first-order valence-corrected chi connectivity index (χ1v) is 11.5. The summed E-state index contributed by atoms with van der Waals surface area (Å²) in [5, 5.41) is 0.698. The molecule has 1 fully saturated rings. The molecule has 4 heteroatoms. The van der Waals surface area contributed by atoms with Gasteiger partial charge in [0.2, 0.25) is 0 Å². The van der Waals surface area contributed by atoms with E-state index in [-0.39, 0.29) is 36.1 Å². The van der Waals surface area contributed by atoms with E-state index in [0.717, 1.165) is 23.1 Å². The van der Waals surface area contributed by atoms with Crippen molar-refractivity contribution in [3.63, 3.8) is 0 Å². The highest BCUT2D eigenvalue weighted by Crippen LogP contribution is 2.41. The fraction of sp³-hybridized carbons (Fsp3) is 0.286. The lowest BCUT2D eigenvalue weighted by Gasteiger charge is -2.16. The summed E-state index contributed by atoms with van der Waals surface area (Å²) in [5.41, 5.74) is 3.77. The molecule has 1 aliphatic rings. The number of carbonyl (C=O) groups is 2. The minimum absolute atomic E-state index is 0.123. The van der Waals surface area contributed by atoms with E-state index in [0.29, 0.717) is 23.4 Å². The van der Waals surface area contributed by atoms with Gasteiger partial charge in [0.1, 0.15) is 6.61 Å². The van der Waals surface area contributed by atoms with Crippen molar-refractivity contribution in [2.24, 2.45) is 17.8 Å². The molecule has 0 aromatic heterocycles. The average Bonchev–Trinajstić information content (AvgIpc) is 3.28. The zero-order chi connectivity index (χ0) is 22.5. The number of rotatable bonds is 7. The normalized spacial score (nSPS) is 20.1. The fourth-order valence-electron chi connectivity index (χ4n) is 4.62. The number of ether oxygens (including phenoxy) is 1. The van der Waals surface area contributed by atoms with Crippen LogP contribution in [0.15, 0.2) is 78.9 Å². The first-order valence-electron chi connectivity index (χ1n) is 11.2. The van der Waals surface area contributed by atoms with Gasteiger partial charge in [0, 0.05) is 16.5 Å². The Labute approximate surface area is 194 Å². The monoisotopic (exact) mass is 446 g/mol. The number of esters is 1. The average molecular weight is 447 g/mol. The molecule has 0 bridgehead atoms. The lowest BCUT2D eigenvalue weighted by atomic mass is 9.86. The second-order valence-corrected chi connectivity index (χ2v) is 8.92. The Bertz CT molecular complexity index is 1060. The molecule has 0 aliphatic heterocycles. The zero-order valence-corrected chi connectivity index (χ0v) is 18.9. The molecule has 0 radical (unpaired) electrons. The van der Waals surface area contributed by atoms with Crippen LogP contribution >= 0.6 is 11.6 Å². The Hall–Kier alpha value is -2.91. The highest BCUT2D eigenvalue weighted by Gasteiger charge is 2.41. The van der Waals surface area contributed by atoms with Gasteiger partial charge in [0.25, 0.3) is 0 Å². The third kappa shape index (κ3) is 5.11. The molecule has 3 nitrogen and oxygen atoms in total. The van der Waals surface area contributed by atoms with Gasteiger partial charge in [-0.1, -0.05) is 91.7 Å². The van der Waals surface area contributed by atoms with Crippen LogP contribution in [-0.4, -0.2) is 11.8 Å². The molecular formula is C28H27ClO3. The van der Waals surface area contributed by atoms with Crippen LogP contribution in [0.2, 0.25) is 5.02 Å². The Morgan fingerprint density at radius 2 is 1.50 bits per heavy atom. The molecule has 3 atom stereocenters. The van der Waals surface area contributed by atoms with Gasteiger partial charge in [0.15, 0.2) is 5.78 Å². The Morgan fingerprint density at radius 3 is 2.12 bits per heavy atom. The van der Waals surface area contributed by atoms with Crippen molar-refractivity contribution in [3.05, 3.63) is 95.0 Å². The maximum atomic E-state index is 13.3. The minimum Gasteiger partial charge on any atom is -0.461 e. The molecule has 32 heavy (non-hydrogen) atoms. The van der Waals surface area contributed by atoms with E-state index >= 15 is 0 Å². The number of halogens is 1. The molecule has 1 aliphatic carbocycles. The van der Waals surface area contributed by atoms with E-state index in [2.05, 4.69) is 6.92 Å². The highest BCUT2D eigenvalue weighted by atomic mass is 35.5. The third-order valence-corrected chi connectivity index (χ3v) is 6.71. The smallest absolute Gasteiger partial charge is 0.309 e. The van der Waals surface area contributed by atoms with Gasteiger partial charge in [-0.25, -0.2) is 0 Å². The maximum Gasteiger partial charge on any atom is 0.309 e. The van der Waals surface area contributed by atoms with Crippen LogP contribution in [0.25, 0.3) is 11.1 Å². The van der Waals surface area contributed by atoms with Gasteiger partial charge in [-0.15, -0.1) is 0 Å². The van der Waals surface area contributed by atoms with Gasteiger partial charge >= 0.3 is 5.97 Å². The quantitative estimate of drug-likeness (QED) is 0.290. The van der Waals surface area contributed by atoms with Crippen LogP contribution in [0.5, 0.6) is 0 Å². The second-order valence-electron chi connectivity index (χ2n) is 8.48. The predicted molar refractivity (Wildman–Crippen MR) is 127 cm³/mol. The Morgan fingerprint density at radius 1 is 0.875 bits per heavy atom. The van der Waals surface area contributed by atoms with Crippen LogP contribution in [0.1, 0.15) is 42.1 Å².